The summed E-state index contributed by atoms with van der Waals surface area (Å²) in [6.45, 7) is 46.5. The van der Waals surface area contributed by atoms with Gasteiger partial charge in [-0.3, -0.25) is 28.8 Å². The Labute approximate surface area is 384 Å². The number of amides is 6. The molecule has 0 aromatic carbocycles. The summed E-state index contributed by atoms with van der Waals surface area (Å²) in [7, 11) is -7.61. The third-order valence-corrected chi connectivity index (χ3v) is 27.5. The van der Waals surface area contributed by atoms with E-state index in [1.807, 2.05) is 39.3 Å². The highest BCUT2D eigenvalue weighted by molar-refractivity contribution is 6.75. The molecule has 1 rings (SSSR count). The SMILES string of the molecule is CC(C)[C@@H]1NC(=O)[C@H]([C@@H](C)O[Si](C)(C)C(C)(C)C)NC(=O)[C@H](C(C)C)NC(=O)[C@H]([C@@H](C)O[Si](C)(C)C(C)(C)C)NC(=O)[C@H](C(C)C)NC(=O)[C@H]([C@@H](C)O[Si](C)(C)C(C)(C)C)NC1=O. The Hall–Kier alpha value is -2.65. The monoisotopic (exact) mass is 943 g/mol. The number of nitrogens with one attached hydrogen (secondary N) is 6. The van der Waals surface area contributed by atoms with E-state index in [9.17, 15) is 28.8 Å². The van der Waals surface area contributed by atoms with E-state index in [1.54, 1.807) is 62.3 Å². The fraction of sp³-hybridized carbons (Fsp3) is 0.867. The zero-order valence-corrected chi connectivity index (χ0v) is 46.6. The Balaban J connectivity index is 4.21. The standard InChI is InChI=1S/C45H90N6O9Si3/c1-25(2)31-37(52)49-35(29(8)59-62(21,22)44(13,14)15)41(56)47-33(27(5)6)39(54)51-36(30(9)60-63(23,24)45(16,17)18)42(57)48-32(26(3)4)38(53)50-34(40(55)46-31)28(7)58-61(19,20)43(10,11)12/h25-36H,1-24H3,(H,46,55)(H,47,56)(H,48,57)(H,49,52)(H,50,53)(H,51,54)/t28-,29-,30-,31+,32+,33+,34+,35+,36+/m1/s1. The van der Waals surface area contributed by atoms with Crippen molar-refractivity contribution in [3.63, 3.8) is 0 Å². The molecule has 0 aliphatic carbocycles. The molecule has 1 heterocycles. The minimum absolute atomic E-state index is 0.248. The van der Waals surface area contributed by atoms with Crippen molar-refractivity contribution in [3.8, 4) is 0 Å². The summed E-state index contributed by atoms with van der Waals surface area (Å²) < 4.78 is 20.1. The van der Waals surface area contributed by atoms with Crippen molar-refractivity contribution in [2.24, 2.45) is 17.8 Å². The maximum Gasteiger partial charge on any atom is 0.245 e. The van der Waals surface area contributed by atoms with Crippen LogP contribution in [0, 0.1) is 17.8 Å². The van der Waals surface area contributed by atoms with Gasteiger partial charge in [-0.05, 0) is 92.9 Å². The van der Waals surface area contributed by atoms with Crippen LogP contribution in [0.25, 0.3) is 0 Å². The smallest absolute Gasteiger partial charge is 0.245 e. The predicted octanol–water partition coefficient (Wildman–Crippen LogP) is 6.11. The molecular weight excluding hydrogens is 853 g/mol. The molecule has 1 aliphatic heterocycles. The fourth-order valence-corrected chi connectivity index (χ4v) is 10.6. The second-order valence-electron chi connectivity index (χ2n) is 23.4. The van der Waals surface area contributed by atoms with Gasteiger partial charge in [-0.1, -0.05) is 104 Å². The van der Waals surface area contributed by atoms with Gasteiger partial charge in [0.1, 0.15) is 36.3 Å². The summed E-state index contributed by atoms with van der Waals surface area (Å²) in [4.78, 5) is 87.2. The second kappa shape index (κ2) is 21.8. The topological polar surface area (TPSA) is 202 Å². The molecule has 63 heavy (non-hydrogen) atoms. The van der Waals surface area contributed by atoms with Crippen molar-refractivity contribution in [2.45, 2.75) is 234 Å². The minimum atomic E-state index is -2.54. The number of rotatable bonds is 12. The van der Waals surface area contributed by atoms with Gasteiger partial charge < -0.3 is 45.2 Å². The van der Waals surface area contributed by atoms with Crippen LogP contribution in [0.5, 0.6) is 0 Å². The number of hydrogen-bond acceptors (Lipinski definition) is 9. The van der Waals surface area contributed by atoms with Gasteiger partial charge in [0.05, 0.1) is 18.3 Å². The molecule has 15 nitrogen and oxygen atoms in total. The van der Waals surface area contributed by atoms with E-state index < -0.39 is 133 Å². The summed E-state index contributed by atoms with van der Waals surface area (Å²) in [5.41, 5.74) is 0. The van der Waals surface area contributed by atoms with E-state index in [0.29, 0.717) is 0 Å². The van der Waals surface area contributed by atoms with E-state index in [-0.39, 0.29) is 15.1 Å². The quantitative estimate of drug-likeness (QED) is 0.125. The van der Waals surface area contributed by atoms with E-state index in [0.717, 1.165) is 0 Å². The van der Waals surface area contributed by atoms with Gasteiger partial charge in [-0.2, -0.15) is 0 Å². The first-order chi connectivity index (χ1) is 28.1. The predicted molar refractivity (Wildman–Crippen MR) is 259 cm³/mol. The van der Waals surface area contributed by atoms with Gasteiger partial charge in [0.25, 0.3) is 0 Å². The Bertz CT molecular complexity index is 1430. The average molecular weight is 944 g/mol. The number of hydrogen-bond donors (Lipinski definition) is 6. The number of carbonyl (C=O) groups is 6. The van der Waals surface area contributed by atoms with Crippen LogP contribution in [-0.4, -0.2) is 115 Å². The Morgan fingerprint density at radius 3 is 0.619 bits per heavy atom. The normalized spacial score (nSPS) is 25.6. The molecule has 0 bridgehead atoms. The van der Waals surface area contributed by atoms with Crippen molar-refractivity contribution >= 4 is 60.4 Å². The molecule has 0 saturated carbocycles. The van der Waals surface area contributed by atoms with E-state index >= 15 is 0 Å². The highest BCUT2D eigenvalue weighted by Crippen LogP contribution is 2.39. The summed E-state index contributed by atoms with van der Waals surface area (Å²) in [5, 5.41) is 16.5. The minimum Gasteiger partial charge on any atom is -0.412 e. The summed E-state index contributed by atoms with van der Waals surface area (Å²) >= 11 is 0. The van der Waals surface area contributed by atoms with Gasteiger partial charge in [0.15, 0.2) is 25.0 Å². The van der Waals surface area contributed by atoms with Crippen LogP contribution in [0.3, 0.4) is 0 Å². The summed E-state index contributed by atoms with van der Waals surface area (Å²) in [6, 6.07) is -7.42. The van der Waals surface area contributed by atoms with Crippen molar-refractivity contribution < 1.29 is 42.0 Å². The lowest BCUT2D eigenvalue weighted by Gasteiger charge is -2.41. The fourth-order valence-electron chi connectivity index (χ4n) is 6.38. The highest BCUT2D eigenvalue weighted by Gasteiger charge is 2.47. The first-order valence-corrected chi connectivity index (χ1v) is 31.7. The van der Waals surface area contributed by atoms with E-state index in [1.165, 1.54) is 0 Å². The lowest BCUT2D eigenvalue weighted by atomic mass is 9.98. The maximum absolute atomic E-state index is 14.6. The number of carbonyl (C=O) groups excluding carboxylic acids is 6. The van der Waals surface area contributed by atoms with Gasteiger partial charge in [0.2, 0.25) is 35.4 Å². The Morgan fingerprint density at radius 2 is 0.476 bits per heavy atom. The maximum atomic E-state index is 14.6. The van der Waals surface area contributed by atoms with Gasteiger partial charge in [-0.25, -0.2) is 0 Å². The van der Waals surface area contributed by atoms with Crippen LogP contribution in [0.15, 0.2) is 0 Å². The largest absolute Gasteiger partial charge is 0.412 e. The lowest BCUT2D eigenvalue weighted by Crippen LogP contribution is -2.67. The highest BCUT2D eigenvalue weighted by atomic mass is 28.4. The third kappa shape index (κ3) is 15.7. The molecule has 1 saturated heterocycles. The molecule has 0 aromatic heterocycles. The molecule has 1 fully saturated rings. The van der Waals surface area contributed by atoms with Crippen LogP contribution < -0.4 is 31.9 Å². The second-order valence-corrected chi connectivity index (χ2v) is 37.7. The zero-order valence-electron chi connectivity index (χ0n) is 43.6. The first-order valence-electron chi connectivity index (χ1n) is 23.0. The molecule has 18 heteroatoms. The van der Waals surface area contributed by atoms with Gasteiger partial charge >= 0.3 is 0 Å². The molecule has 0 aromatic rings. The van der Waals surface area contributed by atoms with Crippen LogP contribution in [0.1, 0.15) is 125 Å². The van der Waals surface area contributed by atoms with E-state index in [2.05, 4.69) is 94.2 Å². The molecule has 366 valence electrons. The van der Waals surface area contributed by atoms with Crippen molar-refractivity contribution in [1.29, 1.82) is 0 Å². The zero-order chi connectivity index (χ0) is 49.8. The average Bonchev–Trinajstić information content (AvgIpc) is 3.08. The van der Waals surface area contributed by atoms with Crippen molar-refractivity contribution in [2.75, 3.05) is 0 Å². The van der Waals surface area contributed by atoms with Crippen LogP contribution >= 0.6 is 0 Å². The van der Waals surface area contributed by atoms with Gasteiger partial charge in [0, 0.05) is 0 Å². The summed E-state index contributed by atoms with van der Waals surface area (Å²) in [6.07, 6.45) is -2.60. The molecular formula is C45H90N6O9Si3. The molecule has 9 atom stereocenters. The molecule has 0 spiro atoms. The van der Waals surface area contributed by atoms with E-state index in [4.69, 9.17) is 13.3 Å². The lowest BCUT2D eigenvalue weighted by molar-refractivity contribution is -0.140. The first kappa shape index (κ1) is 58.4. The van der Waals surface area contributed by atoms with Crippen LogP contribution in [-0.2, 0) is 42.0 Å². The molecule has 1 aliphatic rings. The van der Waals surface area contributed by atoms with Crippen molar-refractivity contribution in [3.05, 3.63) is 0 Å². The summed E-state index contributed by atoms with van der Waals surface area (Å²) in [5.74, 6) is -5.40. The molecule has 0 radical (unpaired) electrons. The van der Waals surface area contributed by atoms with Crippen LogP contribution in [0.2, 0.25) is 54.4 Å². The molecule has 6 N–H and O–H groups in total. The molecule has 0 unspecified atom stereocenters. The molecule has 6 amide bonds. The third-order valence-electron chi connectivity index (χ3n) is 13.7. The van der Waals surface area contributed by atoms with Crippen LogP contribution in [0.4, 0.5) is 0 Å². The Kier molecular flexibility index (Phi) is 20.2. The van der Waals surface area contributed by atoms with Gasteiger partial charge in [-0.15, -0.1) is 0 Å². The Morgan fingerprint density at radius 1 is 0.333 bits per heavy atom. The van der Waals surface area contributed by atoms with Crippen molar-refractivity contribution in [1.82, 2.24) is 31.9 Å².